The molecule has 6 rings (SSSR count). The maximum Gasteiger partial charge on any atom is 0.131 e. The van der Waals surface area contributed by atoms with E-state index in [0.29, 0.717) is 0 Å². The Morgan fingerprint density at radius 3 is 1.30 bits per heavy atom. The second-order valence-electron chi connectivity index (χ2n) is 7.36. The van der Waals surface area contributed by atoms with E-state index in [0.717, 1.165) is 44.2 Å². The quantitative estimate of drug-likeness (QED) is 0.299. The number of benzene rings is 4. The van der Waals surface area contributed by atoms with Crippen molar-refractivity contribution in [2.75, 3.05) is 0 Å². The summed E-state index contributed by atoms with van der Waals surface area (Å²) in [4.78, 5) is 0. The molecule has 0 fully saturated rings. The van der Waals surface area contributed by atoms with Crippen molar-refractivity contribution in [3.05, 3.63) is 109 Å². The van der Waals surface area contributed by atoms with Gasteiger partial charge in [-0.3, -0.25) is 9.13 Å². The van der Waals surface area contributed by atoms with Crippen molar-refractivity contribution in [1.82, 2.24) is 9.13 Å². The molecule has 0 unspecified atom stereocenters. The fourth-order valence-corrected chi connectivity index (χ4v) is 4.40. The first kappa shape index (κ1) is 17.0. The molecule has 2 heterocycles. The lowest BCUT2D eigenvalue weighted by Crippen LogP contribution is -2.01. The first-order valence-electron chi connectivity index (χ1n) is 9.77. The van der Waals surface area contributed by atoms with Crippen LogP contribution in [0.3, 0.4) is 0 Å². The van der Waals surface area contributed by atoms with Crippen LogP contribution in [0.5, 0.6) is 0 Å². The van der Waals surface area contributed by atoms with E-state index in [2.05, 4.69) is 33.4 Å². The van der Waals surface area contributed by atoms with Crippen molar-refractivity contribution >= 4 is 32.8 Å². The molecule has 4 heteroatoms. The zero-order valence-corrected chi connectivity index (χ0v) is 15.9. The molecule has 0 aliphatic heterocycles. The Hall–Kier alpha value is -3.92. The van der Waals surface area contributed by atoms with E-state index >= 15 is 0 Å². The van der Waals surface area contributed by atoms with Gasteiger partial charge >= 0.3 is 0 Å². The highest BCUT2D eigenvalue weighted by Gasteiger charge is 2.21. The molecule has 2 nitrogen and oxygen atoms in total. The third-order valence-corrected chi connectivity index (χ3v) is 5.65. The lowest BCUT2D eigenvalue weighted by atomic mass is 10.1. The van der Waals surface area contributed by atoms with Crippen LogP contribution in [0.15, 0.2) is 97.1 Å². The summed E-state index contributed by atoms with van der Waals surface area (Å²) in [7, 11) is 0. The Morgan fingerprint density at radius 2 is 0.867 bits per heavy atom. The lowest BCUT2D eigenvalue weighted by molar-refractivity contribution is 0.627. The number of nitrogens with zero attached hydrogens (tertiary/aromatic N) is 2. The van der Waals surface area contributed by atoms with Crippen molar-refractivity contribution in [1.29, 1.82) is 0 Å². The van der Waals surface area contributed by atoms with Gasteiger partial charge in [-0.2, -0.15) is 0 Å². The number of rotatable bonds is 2. The zero-order valence-electron chi connectivity index (χ0n) is 15.9. The van der Waals surface area contributed by atoms with Gasteiger partial charge in [-0.05, 0) is 60.7 Å². The van der Waals surface area contributed by atoms with Gasteiger partial charge in [0.05, 0.1) is 11.0 Å². The molecule has 0 saturated heterocycles. The van der Waals surface area contributed by atoms with Crippen LogP contribution in [0, 0.1) is 11.6 Å². The number of hydrogen-bond donors (Lipinski definition) is 0. The number of fused-ring (bicyclic) bond motifs is 5. The highest BCUT2D eigenvalue weighted by Crippen LogP contribution is 2.40. The van der Waals surface area contributed by atoms with Gasteiger partial charge in [0.25, 0.3) is 0 Å². The Kier molecular flexibility index (Phi) is 3.56. The third-order valence-electron chi connectivity index (χ3n) is 5.65. The average Bonchev–Trinajstić information content (AvgIpc) is 3.28. The molecule has 0 radical (unpaired) electrons. The first-order valence-corrected chi connectivity index (χ1v) is 9.77. The highest BCUT2D eigenvalue weighted by molar-refractivity contribution is 6.22. The van der Waals surface area contributed by atoms with Gasteiger partial charge in [-0.1, -0.05) is 36.4 Å². The largest absolute Gasteiger partial charge is 0.295 e. The minimum Gasteiger partial charge on any atom is -0.295 e. The second kappa shape index (κ2) is 6.29. The van der Waals surface area contributed by atoms with Crippen LogP contribution in [0.1, 0.15) is 0 Å². The average molecular weight is 394 g/mol. The topological polar surface area (TPSA) is 9.86 Å². The predicted molar refractivity (Wildman–Crippen MR) is 118 cm³/mol. The van der Waals surface area contributed by atoms with Crippen LogP contribution in [0.4, 0.5) is 8.78 Å². The fraction of sp³-hybridized carbons (Fsp3) is 0. The Bertz CT molecular complexity index is 1420. The predicted octanol–water partition coefficient (Wildman–Crippen LogP) is 7.01. The van der Waals surface area contributed by atoms with Crippen molar-refractivity contribution in [3.8, 4) is 11.4 Å². The van der Waals surface area contributed by atoms with E-state index < -0.39 is 0 Å². The molecule has 2 aromatic heterocycles. The van der Waals surface area contributed by atoms with Crippen LogP contribution < -0.4 is 0 Å². The molecule has 30 heavy (non-hydrogen) atoms. The number of aromatic nitrogens is 2. The molecular weight excluding hydrogens is 378 g/mol. The monoisotopic (exact) mass is 394 g/mol. The normalized spacial score (nSPS) is 11.7. The molecule has 0 aliphatic carbocycles. The summed E-state index contributed by atoms with van der Waals surface area (Å²) in [6, 6.07) is 29.5. The smallest absolute Gasteiger partial charge is 0.131 e. The summed E-state index contributed by atoms with van der Waals surface area (Å²) in [5.41, 5.74) is 4.78. The molecule has 0 spiro atoms. The Morgan fingerprint density at radius 1 is 0.467 bits per heavy atom. The van der Waals surface area contributed by atoms with Gasteiger partial charge in [0.2, 0.25) is 0 Å². The molecule has 0 N–H and O–H groups in total. The van der Waals surface area contributed by atoms with Gasteiger partial charge < -0.3 is 0 Å². The Labute approximate surface area is 171 Å². The highest BCUT2D eigenvalue weighted by atomic mass is 19.1. The lowest BCUT2D eigenvalue weighted by Gasteiger charge is -2.13. The molecule has 0 aliphatic rings. The summed E-state index contributed by atoms with van der Waals surface area (Å²) >= 11 is 0. The third kappa shape index (κ3) is 2.34. The van der Waals surface area contributed by atoms with Crippen LogP contribution in [-0.2, 0) is 0 Å². The standard InChI is InChI=1S/C26H16F2N2/c27-17-9-13-19(14-10-17)29-23-7-3-1-5-21(23)25-22-6-2-4-8-24(22)30(26(25)29)20-15-11-18(28)12-16-20/h1-16H. The minimum absolute atomic E-state index is 0.273. The molecule has 0 amide bonds. The zero-order chi connectivity index (χ0) is 20.2. The van der Waals surface area contributed by atoms with Gasteiger partial charge in [0.15, 0.2) is 0 Å². The SMILES string of the molecule is Fc1ccc(-n2c3ccccc3c3c4ccccc4n(-c4ccc(F)cc4)c32)cc1. The van der Waals surface area contributed by atoms with Crippen LogP contribution >= 0.6 is 0 Å². The van der Waals surface area contributed by atoms with Gasteiger partial charge in [-0.15, -0.1) is 0 Å². The summed E-state index contributed by atoms with van der Waals surface area (Å²) < 4.78 is 31.6. The number of hydrogen-bond acceptors (Lipinski definition) is 0. The van der Waals surface area contributed by atoms with E-state index in [1.54, 1.807) is 24.3 Å². The van der Waals surface area contributed by atoms with E-state index in [-0.39, 0.29) is 11.6 Å². The van der Waals surface area contributed by atoms with Crippen molar-refractivity contribution in [2.24, 2.45) is 0 Å². The maximum absolute atomic E-state index is 13.7. The van der Waals surface area contributed by atoms with Crippen LogP contribution in [0.25, 0.3) is 44.2 Å². The Balaban J connectivity index is 1.87. The van der Waals surface area contributed by atoms with Gasteiger partial charge in [0.1, 0.15) is 17.3 Å². The van der Waals surface area contributed by atoms with E-state index in [9.17, 15) is 8.78 Å². The summed E-state index contributed by atoms with van der Waals surface area (Å²) in [5, 5.41) is 3.36. The summed E-state index contributed by atoms with van der Waals surface area (Å²) in [5.74, 6) is -0.545. The second-order valence-corrected chi connectivity index (χ2v) is 7.36. The van der Waals surface area contributed by atoms with E-state index in [4.69, 9.17) is 0 Å². The van der Waals surface area contributed by atoms with Crippen LogP contribution in [0.2, 0.25) is 0 Å². The maximum atomic E-state index is 13.7. The van der Waals surface area contributed by atoms with Crippen LogP contribution in [-0.4, -0.2) is 9.13 Å². The minimum atomic E-state index is -0.273. The van der Waals surface area contributed by atoms with Crippen molar-refractivity contribution in [2.45, 2.75) is 0 Å². The fourth-order valence-electron chi connectivity index (χ4n) is 4.40. The molecule has 6 aromatic rings. The summed E-state index contributed by atoms with van der Waals surface area (Å²) in [6.07, 6.45) is 0. The molecular formula is C26H16F2N2. The van der Waals surface area contributed by atoms with Crippen molar-refractivity contribution in [3.63, 3.8) is 0 Å². The van der Waals surface area contributed by atoms with E-state index in [1.165, 1.54) is 24.3 Å². The number of halogens is 2. The first-order chi connectivity index (χ1) is 14.7. The molecule has 0 saturated carbocycles. The number of para-hydroxylation sites is 2. The van der Waals surface area contributed by atoms with E-state index in [1.807, 2.05) is 24.3 Å². The van der Waals surface area contributed by atoms with Crippen molar-refractivity contribution < 1.29 is 8.78 Å². The molecule has 4 aromatic carbocycles. The summed E-state index contributed by atoms with van der Waals surface area (Å²) in [6.45, 7) is 0. The molecule has 144 valence electrons. The van der Waals surface area contributed by atoms with Gasteiger partial charge in [-0.25, -0.2) is 8.78 Å². The van der Waals surface area contributed by atoms with Gasteiger partial charge in [0, 0.05) is 27.5 Å². The molecule has 0 bridgehead atoms. The molecule has 0 atom stereocenters.